The molecule has 0 aliphatic heterocycles. The van der Waals surface area contributed by atoms with E-state index in [2.05, 4.69) is 10.0 Å². The van der Waals surface area contributed by atoms with Gasteiger partial charge in [0.05, 0.1) is 6.26 Å². The summed E-state index contributed by atoms with van der Waals surface area (Å²) in [6.45, 7) is 1.85. The van der Waals surface area contributed by atoms with Crippen molar-refractivity contribution in [2.24, 2.45) is 0 Å². The van der Waals surface area contributed by atoms with Crippen molar-refractivity contribution in [3.05, 3.63) is 58.6 Å². The van der Waals surface area contributed by atoms with Crippen LogP contribution in [0, 0.1) is 6.92 Å². The molecular weight excluding hydrogens is 324 g/mol. The molecule has 0 saturated carbocycles. The second-order valence-corrected chi connectivity index (χ2v) is 7.05. The van der Waals surface area contributed by atoms with Gasteiger partial charge in [0.1, 0.15) is 0 Å². The summed E-state index contributed by atoms with van der Waals surface area (Å²) >= 11 is 5.92. The topological polar surface area (TPSA) is 75.3 Å². The van der Waals surface area contributed by atoms with Gasteiger partial charge in [0.25, 0.3) is 5.91 Å². The number of halogens is 1. The van der Waals surface area contributed by atoms with Crippen LogP contribution in [0.15, 0.2) is 42.5 Å². The molecule has 0 aliphatic carbocycles. The molecule has 0 heterocycles. The molecule has 0 bridgehead atoms. The van der Waals surface area contributed by atoms with E-state index in [0.29, 0.717) is 22.0 Å². The quantitative estimate of drug-likeness (QED) is 0.898. The number of sulfonamides is 1. The van der Waals surface area contributed by atoms with Gasteiger partial charge in [-0.05, 0) is 42.8 Å². The van der Waals surface area contributed by atoms with Gasteiger partial charge in [0.15, 0.2) is 0 Å². The van der Waals surface area contributed by atoms with Gasteiger partial charge >= 0.3 is 0 Å². The minimum absolute atomic E-state index is 0.331. The van der Waals surface area contributed by atoms with Crippen LogP contribution in [-0.2, 0) is 10.0 Å². The van der Waals surface area contributed by atoms with Crippen molar-refractivity contribution in [1.82, 2.24) is 0 Å². The van der Waals surface area contributed by atoms with E-state index in [0.717, 1.165) is 11.8 Å². The first-order valence-corrected chi connectivity index (χ1v) is 8.67. The molecule has 0 spiro atoms. The normalized spacial score (nSPS) is 11.0. The van der Waals surface area contributed by atoms with E-state index in [9.17, 15) is 13.2 Å². The number of benzene rings is 2. The Balaban J connectivity index is 2.23. The maximum Gasteiger partial charge on any atom is 0.255 e. The fraction of sp³-hybridized carbons (Fsp3) is 0.133. The predicted octanol–water partition coefficient (Wildman–Crippen LogP) is 3.27. The Bertz CT molecular complexity index is 819. The molecule has 7 heteroatoms. The van der Waals surface area contributed by atoms with E-state index in [4.69, 9.17) is 11.6 Å². The predicted molar refractivity (Wildman–Crippen MR) is 89.1 cm³/mol. The summed E-state index contributed by atoms with van der Waals surface area (Å²) in [6.07, 6.45) is 1.05. The molecule has 5 nitrogen and oxygen atoms in total. The Morgan fingerprint density at radius 3 is 2.55 bits per heavy atom. The lowest BCUT2D eigenvalue weighted by atomic mass is 10.1. The molecule has 0 aliphatic rings. The smallest absolute Gasteiger partial charge is 0.255 e. The highest BCUT2D eigenvalue weighted by molar-refractivity contribution is 7.92. The van der Waals surface area contributed by atoms with Gasteiger partial charge < -0.3 is 5.32 Å². The lowest BCUT2D eigenvalue weighted by Crippen LogP contribution is -2.14. The van der Waals surface area contributed by atoms with Crippen molar-refractivity contribution in [2.45, 2.75) is 6.92 Å². The first-order valence-electron chi connectivity index (χ1n) is 6.40. The molecule has 22 heavy (non-hydrogen) atoms. The Kier molecular flexibility index (Phi) is 4.73. The maximum absolute atomic E-state index is 12.3. The first-order chi connectivity index (χ1) is 10.2. The monoisotopic (exact) mass is 338 g/mol. The van der Waals surface area contributed by atoms with Crippen LogP contribution >= 0.6 is 11.6 Å². The molecular formula is C15H15ClN2O3S. The van der Waals surface area contributed by atoms with Crippen molar-refractivity contribution >= 4 is 38.9 Å². The maximum atomic E-state index is 12.3. The van der Waals surface area contributed by atoms with Crippen molar-refractivity contribution in [3.63, 3.8) is 0 Å². The SMILES string of the molecule is Cc1ccc(Cl)cc1NC(=O)c1cccc(NS(C)(=O)=O)c1. The zero-order valence-electron chi connectivity index (χ0n) is 12.1. The summed E-state index contributed by atoms with van der Waals surface area (Å²) in [6, 6.07) is 11.4. The van der Waals surface area contributed by atoms with Crippen LogP contribution in [0.2, 0.25) is 5.02 Å². The summed E-state index contributed by atoms with van der Waals surface area (Å²) < 4.78 is 24.8. The largest absolute Gasteiger partial charge is 0.322 e. The van der Waals surface area contributed by atoms with Gasteiger partial charge in [-0.25, -0.2) is 8.42 Å². The average Bonchev–Trinajstić information content (AvgIpc) is 2.41. The first kappa shape index (κ1) is 16.3. The van der Waals surface area contributed by atoms with Crippen LogP contribution in [0.3, 0.4) is 0 Å². The van der Waals surface area contributed by atoms with Crippen LogP contribution in [0.1, 0.15) is 15.9 Å². The van der Waals surface area contributed by atoms with E-state index in [1.165, 1.54) is 6.07 Å². The Labute approximate surface area is 134 Å². The number of aryl methyl sites for hydroxylation is 1. The molecule has 0 saturated heterocycles. The van der Waals surface area contributed by atoms with E-state index in [-0.39, 0.29) is 5.91 Å². The van der Waals surface area contributed by atoms with Gasteiger partial charge in [-0.3, -0.25) is 9.52 Å². The van der Waals surface area contributed by atoms with Crippen LogP contribution in [-0.4, -0.2) is 20.6 Å². The zero-order valence-corrected chi connectivity index (χ0v) is 13.6. The zero-order chi connectivity index (χ0) is 16.3. The van der Waals surface area contributed by atoms with Crippen LogP contribution in [0.25, 0.3) is 0 Å². The number of nitrogens with one attached hydrogen (secondary N) is 2. The van der Waals surface area contributed by atoms with Gasteiger partial charge in [-0.2, -0.15) is 0 Å². The van der Waals surface area contributed by atoms with Crippen LogP contribution in [0.4, 0.5) is 11.4 Å². The Hall–Kier alpha value is -2.05. The second kappa shape index (κ2) is 6.37. The molecule has 0 fully saturated rings. The number of hydrogen-bond acceptors (Lipinski definition) is 3. The summed E-state index contributed by atoms with van der Waals surface area (Å²) in [5.41, 5.74) is 2.16. The highest BCUT2D eigenvalue weighted by atomic mass is 35.5. The molecule has 2 N–H and O–H groups in total. The number of anilines is 2. The number of amides is 1. The lowest BCUT2D eigenvalue weighted by Gasteiger charge is -2.10. The lowest BCUT2D eigenvalue weighted by molar-refractivity contribution is 0.102. The number of rotatable bonds is 4. The molecule has 0 aromatic heterocycles. The standard InChI is InChI=1S/C15H15ClN2O3S/c1-10-6-7-12(16)9-14(10)17-15(19)11-4-3-5-13(8-11)18-22(2,20)21/h3-9,18H,1-2H3,(H,17,19). The van der Waals surface area contributed by atoms with Crippen molar-refractivity contribution in [3.8, 4) is 0 Å². The Morgan fingerprint density at radius 2 is 1.86 bits per heavy atom. The van der Waals surface area contributed by atoms with E-state index < -0.39 is 10.0 Å². The third-order valence-electron chi connectivity index (χ3n) is 2.88. The van der Waals surface area contributed by atoms with E-state index >= 15 is 0 Å². The molecule has 0 unspecified atom stereocenters. The van der Waals surface area contributed by atoms with Gasteiger partial charge in [0, 0.05) is 22.0 Å². The summed E-state index contributed by atoms with van der Waals surface area (Å²) in [4.78, 5) is 12.3. The molecule has 2 aromatic rings. The molecule has 116 valence electrons. The number of hydrogen-bond donors (Lipinski definition) is 2. The number of carbonyl (C=O) groups excluding carboxylic acids is 1. The summed E-state index contributed by atoms with van der Waals surface area (Å²) in [5.74, 6) is -0.345. The van der Waals surface area contributed by atoms with Gasteiger partial charge in [0.2, 0.25) is 10.0 Å². The van der Waals surface area contributed by atoms with Gasteiger partial charge in [-0.1, -0.05) is 23.7 Å². The van der Waals surface area contributed by atoms with Crippen LogP contribution in [0.5, 0.6) is 0 Å². The van der Waals surface area contributed by atoms with Crippen molar-refractivity contribution < 1.29 is 13.2 Å². The molecule has 2 rings (SSSR count). The third kappa shape index (κ3) is 4.47. The minimum atomic E-state index is -3.39. The van der Waals surface area contributed by atoms with E-state index in [1.54, 1.807) is 36.4 Å². The van der Waals surface area contributed by atoms with Crippen molar-refractivity contribution in [1.29, 1.82) is 0 Å². The highest BCUT2D eigenvalue weighted by Crippen LogP contribution is 2.21. The molecule has 1 amide bonds. The average molecular weight is 339 g/mol. The fourth-order valence-corrected chi connectivity index (χ4v) is 2.59. The Morgan fingerprint density at radius 1 is 1.14 bits per heavy atom. The molecule has 2 aromatic carbocycles. The fourth-order valence-electron chi connectivity index (χ4n) is 1.86. The second-order valence-electron chi connectivity index (χ2n) is 4.87. The van der Waals surface area contributed by atoms with Crippen molar-refractivity contribution in [2.75, 3.05) is 16.3 Å². The molecule has 0 atom stereocenters. The highest BCUT2D eigenvalue weighted by Gasteiger charge is 2.10. The van der Waals surface area contributed by atoms with Gasteiger partial charge in [-0.15, -0.1) is 0 Å². The third-order valence-corrected chi connectivity index (χ3v) is 3.72. The van der Waals surface area contributed by atoms with E-state index in [1.807, 2.05) is 6.92 Å². The summed E-state index contributed by atoms with van der Waals surface area (Å²) in [5, 5.41) is 3.28. The number of carbonyl (C=O) groups is 1. The minimum Gasteiger partial charge on any atom is -0.322 e. The van der Waals surface area contributed by atoms with Crippen LogP contribution < -0.4 is 10.0 Å². The summed E-state index contributed by atoms with van der Waals surface area (Å²) in [7, 11) is -3.39. The molecule has 0 radical (unpaired) electrons.